The van der Waals surface area contributed by atoms with E-state index in [0.717, 1.165) is 24.5 Å². The molecule has 0 unspecified atom stereocenters. The predicted molar refractivity (Wildman–Crippen MR) is 103 cm³/mol. The second kappa shape index (κ2) is 7.95. The first kappa shape index (κ1) is 19.8. The van der Waals surface area contributed by atoms with Crippen LogP contribution >= 0.6 is 0 Å². The number of non-ortho nitro benzene ring substituents is 1. The van der Waals surface area contributed by atoms with Crippen LogP contribution in [0.4, 0.5) is 17.1 Å². The number of benzene rings is 2. The number of carbonyl (C=O) groups excluding carboxylic acids is 1. The monoisotopic (exact) mass is 405 g/mol. The number of sulfonamides is 1. The lowest BCUT2D eigenvalue weighted by Gasteiger charge is -2.30. The van der Waals surface area contributed by atoms with Crippen molar-refractivity contribution < 1.29 is 22.9 Å². The Labute approximate surface area is 162 Å². The molecule has 0 bridgehead atoms. The number of anilines is 2. The van der Waals surface area contributed by atoms with E-state index in [9.17, 15) is 23.3 Å². The summed E-state index contributed by atoms with van der Waals surface area (Å²) in [5, 5.41) is 10.9. The lowest BCUT2D eigenvalue weighted by molar-refractivity contribution is -0.385. The first-order valence-corrected chi connectivity index (χ1v) is 9.99. The van der Waals surface area contributed by atoms with Crippen molar-refractivity contribution in [2.45, 2.75) is 17.7 Å². The van der Waals surface area contributed by atoms with Crippen molar-refractivity contribution in [1.29, 1.82) is 0 Å². The SMILES string of the molecule is COCC(=O)N1CCCc2ccc(NS(=O)(=O)c3cccc([N+](=O)[O-])c3)cc21. The molecule has 9 nitrogen and oxygen atoms in total. The number of fused-ring (bicyclic) bond motifs is 1. The highest BCUT2D eigenvalue weighted by Crippen LogP contribution is 2.31. The van der Waals surface area contributed by atoms with Crippen molar-refractivity contribution in [2.75, 3.05) is 29.9 Å². The number of carbonyl (C=O) groups is 1. The van der Waals surface area contributed by atoms with E-state index in [4.69, 9.17) is 4.74 Å². The number of amides is 1. The van der Waals surface area contributed by atoms with Gasteiger partial charge in [-0.3, -0.25) is 19.6 Å². The van der Waals surface area contributed by atoms with Gasteiger partial charge in [0.25, 0.3) is 21.6 Å². The van der Waals surface area contributed by atoms with Crippen LogP contribution in [0.25, 0.3) is 0 Å². The molecule has 2 aromatic rings. The topological polar surface area (TPSA) is 119 Å². The van der Waals surface area contributed by atoms with Gasteiger partial charge in [-0.25, -0.2) is 8.42 Å². The fourth-order valence-corrected chi connectivity index (χ4v) is 4.17. The minimum atomic E-state index is -4.03. The Hall–Kier alpha value is -2.98. The molecular formula is C18H19N3O6S. The van der Waals surface area contributed by atoms with Crippen LogP contribution in [0.1, 0.15) is 12.0 Å². The van der Waals surface area contributed by atoms with Gasteiger partial charge < -0.3 is 9.64 Å². The van der Waals surface area contributed by atoms with E-state index < -0.39 is 14.9 Å². The summed E-state index contributed by atoms with van der Waals surface area (Å²) in [5.74, 6) is -0.206. The molecule has 28 heavy (non-hydrogen) atoms. The number of nitro groups is 1. The van der Waals surface area contributed by atoms with Crippen LogP contribution in [0.2, 0.25) is 0 Å². The summed E-state index contributed by atoms with van der Waals surface area (Å²) >= 11 is 0. The van der Waals surface area contributed by atoms with E-state index in [1.807, 2.05) is 0 Å². The van der Waals surface area contributed by atoms with Crippen LogP contribution in [0.15, 0.2) is 47.4 Å². The molecule has 0 aromatic heterocycles. The Kier molecular flexibility index (Phi) is 5.61. The average molecular weight is 405 g/mol. The zero-order valence-corrected chi connectivity index (χ0v) is 15.9. The van der Waals surface area contributed by atoms with Gasteiger partial charge in [0.15, 0.2) is 0 Å². The molecule has 0 radical (unpaired) electrons. The maximum Gasteiger partial charge on any atom is 0.270 e. The van der Waals surface area contributed by atoms with Crippen molar-refractivity contribution in [1.82, 2.24) is 0 Å². The standard InChI is InChI=1S/C18H19N3O6S/c1-27-12-18(22)20-9-3-4-13-7-8-14(10-17(13)20)19-28(25,26)16-6-2-5-15(11-16)21(23)24/h2,5-8,10-11,19H,3-4,9,12H2,1H3. The minimum Gasteiger partial charge on any atom is -0.375 e. The summed E-state index contributed by atoms with van der Waals surface area (Å²) in [7, 11) is -2.59. The molecule has 1 amide bonds. The molecule has 0 saturated heterocycles. The number of nitrogens with one attached hydrogen (secondary N) is 1. The summed E-state index contributed by atoms with van der Waals surface area (Å²) in [6, 6.07) is 9.78. The summed E-state index contributed by atoms with van der Waals surface area (Å²) in [5.41, 5.74) is 1.52. The van der Waals surface area contributed by atoms with Crippen LogP contribution < -0.4 is 9.62 Å². The van der Waals surface area contributed by atoms with Crippen molar-refractivity contribution >= 4 is 33.0 Å². The van der Waals surface area contributed by atoms with Crippen molar-refractivity contribution in [3.8, 4) is 0 Å². The third-order valence-electron chi connectivity index (χ3n) is 4.36. The smallest absolute Gasteiger partial charge is 0.270 e. The molecule has 0 fully saturated rings. The van der Waals surface area contributed by atoms with Gasteiger partial charge in [0.05, 0.1) is 15.5 Å². The van der Waals surface area contributed by atoms with Crippen molar-refractivity contribution in [3.05, 3.63) is 58.1 Å². The summed E-state index contributed by atoms with van der Waals surface area (Å²) in [4.78, 5) is 23.9. The molecule has 0 spiro atoms. The Bertz CT molecular complexity index is 1020. The average Bonchev–Trinajstić information content (AvgIpc) is 2.67. The molecule has 0 saturated carbocycles. The zero-order chi connectivity index (χ0) is 20.3. The van der Waals surface area contributed by atoms with Crippen LogP contribution in [-0.4, -0.2) is 39.5 Å². The quantitative estimate of drug-likeness (QED) is 0.582. The number of nitro benzene ring substituents is 1. The lowest BCUT2D eigenvalue weighted by Crippen LogP contribution is -2.37. The summed E-state index contributed by atoms with van der Waals surface area (Å²) < 4.78 is 32.6. The molecule has 1 N–H and O–H groups in total. The van der Waals surface area contributed by atoms with Crippen LogP contribution in [0.5, 0.6) is 0 Å². The Morgan fingerprint density at radius 2 is 2.07 bits per heavy atom. The normalized spacial score (nSPS) is 13.7. The van der Waals surface area contributed by atoms with Crippen LogP contribution in [0, 0.1) is 10.1 Å². The molecule has 148 valence electrons. The molecule has 10 heteroatoms. The first-order valence-electron chi connectivity index (χ1n) is 8.51. The van der Waals surface area contributed by atoms with Crippen LogP contribution in [0.3, 0.4) is 0 Å². The second-order valence-electron chi connectivity index (χ2n) is 6.29. The highest BCUT2D eigenvalue weighted by atomic mass is 32.2. The number of ether oxygens (including phenoxy) is 1. The van der Waals surface area contributed by atoms with Crippen molar-refractivity contribution in [3.63, 3.8) is 0 Å². The number of methoxy groups -OCH3 is 1. The van der Waals surface area contributed by atoms with E-state index in [2.05, 4.69) is 4.72 Å². The molecule has 0 atom stereocenters. The Balaban J connectivity index is 1.91. The van der Waals surface area contributed by atoms with Gasteiger partial charge in [0, 0.05) is 31.5 Å². The molecule has 2 aromatic carbocycles. The molecule has 1 aliphatic heterocycles. The van der Waals surface area contributed by atoms with Gasteiger partial charge in [-0.15, -0.1) is 0 Å². The fourth-order valence-electron chi connectivity index (χ4n) is 3.08. The minimum absolute atomic E-state index is 0.0664. The summed E-state index contributed by atoms with van der Waals surface area (Å²) in [6.45, 7) is 0.458. The maximum atomic E-state index is 12.6. The number of hydrogen-bond acceptors (Lipinski definition) is 6. The number of aryl methyl sites for hydroxylation is 1. The van der Waals surface area contributed by atoms with Gasteiger partial charge in [-0.1, -0.05) is 12.1 Å². The van der Waals surface area contributed by atoms with E-state index in [1.54, 1.807) is 23.1 Å². The number of nitrogens with zero attached hydrogens (tertiary/aromatic N) is 2. The summed E-state index contributed by atoms with van der Waals surface area (Å²) in [6.07, 6.45) is 1.59. The van der Waals surface area contributed by atoms with E-state index in [-0.39, 0.29) is 28.8 Å². The zero-order valence-electron chi connectivity index (χ0n) is 15.1. The Morgan fingerprint density at radius 1 is 1.29 bits per heavy atom. The highest BCUT2D eigenvalue weighted by molar-refractivity contribution is 7.92. The van der Waals surface area contributed by atoms with E-state index in [0.29, 0.717) is 12.2 Å². The maximum absolute atomic E-state index is 12.6. The molecule has 1 aliphatic rings. The number of rotatable bonds is 6. The molecule has 3 rings (SSSR count). The third kappa shape index (κ3) is 4.12. The predicted octanol–water partition coefficient (Wildman–Crippen LogP) is 2.32. The highest BCUT2D eigenvalue weighted by Gasteiger charge is 2.24. The van der Waals surface area contributed by atoms with Crippen molar-refractivity contribution in [2.24, 2.45) is 0 Å². The molecular weight excluding hydrogens is 386 g/mol. The third-order valence-corrected chi connectivity index (χ3v) is 5.74. The largest absolute Gasteiger partial charge is 0.375 e. The van der Waals surface area contributed by atoms with Crippen LogP contribution in [-0.2, 0) is 26.0 Å². The molecule has 0 aliphatic carbocycles. The Morgan fingerprint density at radius 3 is 2.79 bits per heavy atom. The fraction of sp³-hybridized carbons (Fsp3) is 0.278. The van der Waals surface area contributed by atoms with Gasteiger partial charge >= 0.3 is 0 Å². The van der Waals surface area contributed by atoms with Gasteiger partial charge in [0.2, 0.25) is 0 Å². The van der Waals surface area contributed by atoms with E-state index in [1.165, 1.54) is 25.3 Å². The lowest BCUT2D eigenvalue weighted by atomic mass is 10.0. The van der Waals surface area contributed by atoms with Gasteiger partial charge in [0.1, 0.15) is 6.61 Å². The van der Waals surface area contributed by atoms with Gasteiger partial charge in [-0.05, 0) is 36.6 Å². The molecule has 1 heterocycles. The van der Waals surface area contributed by atoms with Gasteiger partial charge in [-0.2, -0.15) is 0 Å². The number of hydrogen-bond donors (Lipinski definition) is 1. The first-order chi connectivity index (χ1) is 13.3. The second-order valence-corrected chi connectivity index (χ2v) is 7.97. The van der Waals surface area contributed by atoms with E-state index >= 15 is 0 Å².